The molecule has 1 saturated heterocycles. The first-order valence-electron chi connectivity index (χ1n) is 26.6. The van der Waals surface area contributed by atoms with Crippen LogP contribution >= 0.6 is 11.6 Å². The number of Topliss-reactive ketones (excluding diaryl/α,β-unsaturated/α-hetero) is 1. The Morgan fingerprint density at radius 1 is 0.901 bits per heavy atom. The van der Waals surface area contributed by atoms with E-state index >= 15 is 0 Å². The van der Waals surface area contributed by atoms with Crippen molar-refractivity contribution in [2.75, 3.05) is 33.0 Å². The van der Waals surface area contributed by atoms with Gasteiger partial charge in [0.25, 0.3) is 5.56 Å². The maximum absolute atomic E-state index is 14.0. The molecule has 1 unspecified atom stereocenters. The first-order chi connectivity index (χ1) is 38.6. The molecule has 2 aromatic heterocycles. The molecule has 434 valence electrons. The smallest absolute Gasteiger partial charge is 0.343 e. The van der Waals surface area contributed by atoms with Gasteiger partial charge in [-0.1, -0.05) is 48.9 Å². The maximum Gasteiger partial charge on any atom is 0.343 e. The zero-order valence-electron chi connectivity index (χ0n) is 44.5. The summed E-state index contributed by atoms with van der Waals surface area (Å²) in [7, 11) is 0. The van der Waals surface area contributed by atoms with Crippen LogP contribution in [0, 0.1) is 12.8 Å². The zero-order chi connectivity index (χ0) is 58.4. The third-order valence-electron chi connectivity index (χ3n) is 15.4. The molecule has 6 amide bonds. The highest BCUT2D eigenvalue weighted by atomic mass is 35.5. The van der Waals surface area contributed by atoms with Gasteiger partial charge in [0, 0.05) is 59.7 Å². The first-order valence-corrected chi connectivity index (χ1v) is 27.0. The summed E-state index contributed by atoms with van der Waals surface area (Å²) in [6.45, 7) is 0.905. The van der Waals surface area contributed by atoms with Gasteiger partial charge >= 0.3 is 5.97 Å². The number of aliphatic hydroxyl groups excluding tert-OH is 4. The van der Waals surface area contributed by atoms with Gasteiger partial charge in [0.2, 0.25) is 35.4 Å². The van der Waals surface area contributed by atoms with Crippen LogP contribution in [0.1, 0.15) is 96.9 Å². The molecule has 0 saturated carbocycles. The minimum Gasteiger partial charge on any atom is -0.458 e. The van der Waals surface area contributed by atoms with Crippen molar-refractivity contribution in [2.24, 2.45) is 11.7 Å². The number of pyridine rings is 2. The summed E-state index contributed by atoms with van der Waals surface area (Å²) in [6.07, 6.45) is -7.69. The summed E-state index contributed by atoms with van der Waals surface area (Å²) in [4.78, 5) is 123. The highest BCUT2D eigenvalue weighted by Crippen LogP contribution is 2.46. The second kappa shape index (κ2) is 25.7. The molecule has 4 aliphatic rings. The van der Waals surface area contributed by atoms with Gasteiger partial charge in [-0.25, -0.2) is 9.78 Å². The van der Waals surface area contributed by atoms with Gasteiger partial charge in [-0.15, -0.1) is 0 Å². The van der Waals surface area contributed by atoms with Crippen molar-refractivity contribution >= 4 is 69.7 Å². The van der Waals surface area contributed by atoms with E-state index in [1.54, 1.807) is 49.4 Å². The number of hydrogen-bond acceptors (Lipinski definition) is 18. The number of ketones is 1. The van der Waals surface area contributed by atoms with Gasteiger partial charge in [0.05, 0.1) is 54.2 Å². The van der Waals surface area contributed by atoms with E-state index in [4.69, 9.17) is 36.5 Å². The van der Waals surface area contributed by atoms with E-state index < -0.39 is 133 Å². The van der Waals surface area contributed by atoms with Crippen molar-refractivity contribution in [3.05, 3.63) is 96.8 Å². The summed E-state index contributed by atoms with van der Waals surface area (Å²) in [5.74, 6) is -6.62. The number of benzene rings is 2. The van der Waals surface area contributed by atoms with Gasteiger partial charge < -0.3 is 76.6 Å². The minimum atomic E-state index is -2.03. The third kappa shape index (κ3) is 13.1. The Morgan fingerprint density at radius 2 is 1.63 bits per heavy atom. The molecule has 25 nitrogen and oxygen atoms in total. The Kier molecular flexibility index (Phi) is 19.0. The summed E-state index contributed by atoms with van der Waals surface area (Å²) in [5.41, 5.74) is 8.69. The quantitative estimate of drug-likeness (QED) is 0.0193. The minimum absolute atomic E-state index is 0.0282. The van der Waals surface area contributed by atoms with E-state index in [0.717, 1.165) is 22.1 Å². The highest BCUT2D eigenvalue weighted by Gasteiger charge is 2.47. The molecule has 5 heterocycles. The summed E-state index contributed by atoms with van der Waals surface area (Å²) < 4.78 is 17.7. The summed E-state index contributed by atoms with van der Waals surface area (Å²) in [5, 5.41) is 65.3. The number of nitrogens with two attached hydrogens (primary N) is 1. The number of esters is 1. The number of carbonyl (C=O) groups excluding carboxylic acids is 8. The average Bonchev–Trinajstić information content (AvgIpc) is 3.04. The van der Waals surface area contributed by atoms with Crippen LogP contribution in [0.15, 0.2) is 47.3 Å². The molecule has 81 heavy (non-hydrogen) atoms. The monoisotopic (exact) mass is 1140 g/mol. The number of aryl methyl sites for hydroxylation is 1. The van der Waals surface area contributed by atoms with Crippen LogP contribution in [0.3, 0.4) is 0 Å². The molecule has 12 N–H and O–H groups in total. The molecule has 4 aromatic rings. The highest BCUT2D eigenvalue weighted by molar-refractivity contribution is 6.32. The lowest BCUT2D eigenvalue weighted by atomic mass is 9.81. The zero-order valence-corrected chi connectivity index (χ0v) is 45.2. The largest absolute Gasteiger partial charge is 0.458 e. The molecule has 0 radical (unpaired) electrons. The van der Waals surface area contributed by atoms with Crippen LogP contribution < -0.4 is 37.9 Å². The van der Waals surface area contributed by atoms with Crippen LogP contribution in [0.2, 0.25) is 5.02 Å². The number of halogens is 1. The van der Waals surface area contributed by atoms with Crippen LogP contribution in [0.25, 0.3) is 22.3 Å². The lowest BCUT2D eigenvalue weighted by Crippen LogP contribution is -2.60. The fourth-order valence-corrected chi connectivity index (χ4v) is 11.0. The van der Waals surface area contributed by atoms with E-state index in [-0.39, 0.29) is 76.1 Å². The molecule has 0 spiro atoms. The number of carbonyl (C=O) groups is 8. The number of cyclic esters (lactones) is 1. The molecule has 1 aliphatic carbocycles. The Balaban J connectivity index is 0.811. The second-order valence-corrected chi connectivity index (χ2v) is 21.0. The topological polar surface area (TPSA) is 386 Å². The Hall–Kier alpha value is -7.23. The molecule has 8 rings (SSSR count). The van der Waals surface area contributed by atoms with Crippen molar-refractivity contribution in [2.45, 2.75) is 133 Å². The lowest BCUT2D eigenvalue weighted by molar-refractivity contribution is -0.227. The fraction of sp³-hybridized carbons (Fsp3) is 0.491. The van der Waals surface area contributed by atoms with Crippen LogP contribution in [-0.2, 0) is 84.2 Å². The predicted octanol–water partition coefficient (Wildman–Crippen LogP) is -1.34. The van der Waals surface area contributed by atoms with Gasteiger partial charge in [-0.2, -0.15) is 0 Å². The SMILES string of the molecule is CC[C@@]1(O)C(=O)OCc2c1cc1n(c2=O)Cc2c-1nc1cc(Cl)c(C)c3c1c2[C@@H](NC(=O)COCNC(=O)CCC(=O)[C@H](Cc1ccccc1)NC(=O)CNC(=O)CC(CCC(=O)NC[C@@H]1O[C@H](CO)[C@@H](O)[C@H](O)[C@H]1O)C(N)=O)CC3. The van der Waals surface area contributed by atoms with Gasteiger partial charge in [-0.05, 0) is 73.4 Å². The van der Waals surface area contributed by atoms with Crippen LogP contribution in [0.5, 0.6) is 0 Å². The number of nitrogens with one attached hydrogen (secondary N) is 5. The standard InChI is InChI=1S/C55H65ClN8O17/c1-3-55(78)32-17-37-48-30(21-64(37)53(76)31(32)23-80-54(55)77)47-34(11-10-29-26(2)33(56)18-36(63-48)46(29)47)61-45(71)24-79-25-60-42(68)14-12-38(66)35(15-27-7-5-4-6-8-27)62-44(70)20-59-43(69)16-28(52(57)75)9-13-41(67)58-19-39-49(72)51(74)50(73)40(22-65)81-39/h4-8,17-18,28,34-35,39-40,49-51,65,72-74,78H,3,9-16,19-25H2,1-2H3,(H2,57,75)(H,58,67)(H,59,69)(H,60,68)(H,61,71)(H,62,70)/t28?,34-,35-,39-,40+,49-,50+,51+,55-/m0/s1. The Morgan fingerprint density at radius 3 is 2.35 bits per heavy atom. The molecular weight excluding hydrogens is 1080 g/mol. The maximum atomic E-state index is 14.0. The molecule has 1 fully saturated rings. The fourth-order valence-electron chi connectivity index (χ4n) is 10.8. The number of hydrogen-bond donors (Lipinski definition) is 11. The van der Waals surface area contributed by atoms with Crippen molar-refractivity contribution in [3.8, 4) is 11.4 Å². The van der Waals surface area contributed by atoms with Crippen molar-refractivity contribution in [1.29, 1.82) is 0 Å². The summed E-state index contributed by atoms with van der Waals surface area (Å²) in [6, 6.07) is 10.4. The second-order valence-electron chi connectivity index (χ2n) is 20.6. The van der Waals surface area contributed by atoms with E-state index in [2.05, 4.69) is 26.6 Å². The van der Waals surface area contributed by atoms with Crippen LogP contribution in [-0.4, -0.2) is 152 Å². The van der Waals surface area contributed by atoms with E-state index in [1.807, 2.05) is 6.92 Å². The molecule has 3 aliphatic heterocycles. The number of rotatable bonds is 24. The molecule has 9 atom stereocenters. The number of nitrogens with zero attached hydrogens (tertiary/aromatic N) is 2. The number of aromatic nitrogens is 2. The predicted molar refractivity (Wildman–Crippen MR) is 285 cm³/mol. The number of aliphatic hydroxyl groups is 5. The van der Waals surface area contributed by atoms with E-state index in [1.165, 1.54) is 4.57 Å². The average molecular weight is 1150 g/mol. The lowest BCUT2D eigenvalue weighted by Gasteiger charge is -2.40. The molecular formula is C55H65ClN8O17. The van der Waals surface area contributed by atoms with Crippen molar-refractivity contribution in [3.63, 3.8) is 0 Å². The number of amides is 6. The van der Waals surface area contributed by atoms with E-state index in [9.17, 15) is 68.7 Å². The first kappa shape index (κ1) is 59.9. The summed E-state index contributed by atoms with van der Waals surface area (Å²) >= 11 is 6.71. The molecule has 26 heteroatoms. The van der Waals surface area contributed by atoms with E-state index in [0.29, 0.717) is 45.9 Å². The molecule has 2 aromatic carbocycles. The van der Waals surface area contributed by atoms with Crippen molar-refractivity contribution in [1.82, 2.24) is 36.1 Å². The van der Waals surface area contributed by atoms with Crippen molar-refractivity contribution < 1.29 is 78.1 Å². The van der Waals surface area contributed by atoms with Gasteiger partial charge in [-0.3, -0.25) is 38.4 Å². The Bertz CT molecular complexity index is 3190. The number of primary amides is 1. The third-order valence-corrected chi connectivity index (χ3v) is 15.8. The number of ether oxygens (including phenoxy) is 3. The number of fused-ring (bicyclic) bond motifs is 5. The van der Waals surface area contributed by atoms with Gasteiger partial charge in [0.1, 0.15) is 50.5 Å². The van der Waals surface area contributed by atoms with Crippen LogP contribution in [0.4, 0.5) is 0 Å². The normalized spacial score (nSPS) is 22.2. The molecule has 0 bridgehead atoms. The van der Waals surface area contributed by atoms with Gasteiger partial charge in [0.15, 0.2) is 11.4 Å². The Labute approximate surface area is 468 Å².